The van der Waals surface area contributed by atoms with Crippen LogP contribution in [0.2, 0.25) is 5.02 Å². The van der Waals surface area contributed by atoms with Crippen molar-refractivity contribution in [3.63, 3.8) is 0 Å². The van der Waals surface area contributed by atoms with E-state index in [2.05, 4.69) is 26.1 Å². The van der Waals surface area contributed by atoms with Crippen molar-refractivity contribution in [1.82, 2.24) is 10.2 Å². The minimum absolute atomic E-state index is 0. The maximum absolute atomic E-state index is 12.8. The van der Waals surface area contributed by atoms with Crippen LogP contribution in [0, 0.1) is 5.92 Å². The van der Waals surface area contributed by atoms with Gasteiger partial charge in [0, 0.05) is 29.6 Å². The highest BCUT2D eigenvalue weighted by Gasteiger charge is 2.29. The van der Waals surface area contributed by atoms with Crippen LogP contribution in [0.3, 0.4) is 0 Å². The molecule has 22 heavy (non-hydrogen) atoms. The number of amides is 1. The van der Waals surface area contributed by atoms with Gasteiger partial charge in [0.15, 0.2) is 0 Å². The summed E-state index contributed by atoms with van der Waals surface area (Å²) in [6.45, 7) is 7.87. The smallest absolute Gasteiger partial charge is 0.226 e. The van der Waals surface area contributed by atoms with Crippen LogP contribution in [-0.4, -0.2) is 29.4 Å². The molecule has 0 aromatic heterocycles. The zero-order valence-corrected chi connectivity index (χ0v) is 15.1. The zero-order chi connectivity index (χ0) is 15.4. The molecule has 0 aliphatic carbocycles. The monoisotopic (exact) mass is 344 g/mol. The Kier molecular flexibility index (Phi) is 7.67. The fourth-order valence-electron chi connectivity index (χ4n) is 2.94. The van der Waals surface area contributed by atoms with E-state index >= 15 is 0 Å². The minimum Gasteiger partial charge on any atom is -0.336 e. The van der Waals surface area contributed by atoms with Crippen LogP contribution in [-0.2, 0) is 11.3 Å². The van der Waals surface area contributed by atoms with Crippen LogP contribution in [0.25, 0.3) is 0 Å². The van der Waals surface area contributed by atoms with Gasteiger partial charge in [-0.05, 0) is 57.9 Å². The number of halogens is 2. The maximum Gasteiger partial charge on any atom is 0.226 e. The molecule has 1 amide bonds. The summed E-state index contributed by atoms with van der Waals surface area (Å²) >= 11 is 6.04. The summed E-state index contributed by atoms with van der Waals surface area (Å²) in [7, 11) is 0. The van der Waals surface area contributed by atoms with Crippen molar-refractivity contribution in [2.75, 3.05) is 6.54 Å². The Morgan fingerprint density at radius 2 is 2.18 bits per heavy atom. The highest BCUT2D eigenvalue weighted by Crippen LogP contribution is 2.22. The number of nitrogens with zero attached hydrogens (tertiary/aromatic N) is 1. The number of hydrogen-bond donors (Lipinski definition) is 1. The zero-order valence-electron chi connectivity index (χ0n) is 13.5. The highest BCUT2D eigenvalue weighted by molar-refractivity contribution is 6.30. The second-order valence-electron chi connectivity index (χ2n) is 6.27. The number of nitrogens with one attached hydrogen (secondary N) is 1. The Bertz CT molecular complexity index is 493. The lowest BCUT2D eigenvalue weighted by Crippen LogP contribution is -2.46. The van der Waals surface area contributed by atoms with Gasteiger partial charge in [-0.3, -0.25) is 4.79 Å². The number of piperidine rings is 1. The van der Waals surface area contributed by atoms with Crippen LogP contribution in [0.5, 0.6) is 0 Å². The van der Waals surface area contributed by atoms with E-state index in [1.807, 2.05) is 29.2 Å². The normalized spacial score (nSPS) is 21.3. The number of carbonyl (C=O) groups is 1. The summed E-state index contributed by atoms with van der Waals surface area (Å²) in [4.78, 5) is 14.8. The highest BCUT2D eigenvalue weighted by atomic mass is 35.5. The fourth-order valence-corrected chi connectivity index (χ4v) is 3.15. The van der Waals surface area contributed by atoms with Gasteiger partial charge in [-0.2, -0.15) is 0 Å². The molecule has 1 aliphatic heterocycles. The van der Waals surface area contributed by atoms with Crippen LogP contribution >= 0.6 is 24.0 Å². The Morgan fingerprint density at radius 3 is 2.77 bits per heavy atom. The van der Waals surface area contributed by atoms with Gasteiger partial charge in [0.2, 0.25) is 5.91 Å². The van der Waals surface area contributed by atoms with E-state index in [1.54, 1.807) is 0 Å². The van der Waals surface area contributed by atoms with Gasteiger partial charge in [0.25, 0.3) is 0 Å². The Morgan fingerprint density at radius 1 is 1.45 bits per heavy atom. The summed E-state index contributed by atoms with van der Waals surface area (Å²) in [5, 5.41) is 4.13. The fraction of sp³-hybridized carbons (Fsp3) is 0.588. The molecule has 0 bridgehead atoms. The summed E-state index contributed by atoms with van der Waals surface area (Å²) in [5.41, 5.74) is 1.09. The molecule has 3 nitrogen and oxygen atoms in total. The average molecular weight is 345 g/mol. The van der Waals surface area contributed by atoms with Crippen LogP contribution in [0.15, 0.2) is 24.3 Å². The Balaban J connectivity index is 0.00000242. The molecule has 1 N–H and O–H groups in total. The molecule has 1 aliphatic rings. The lowest BCUT2D eigenvalue weighted by atomic mass is 9.91. The van der Waals surface area contributed by atoms with Crippen molar-refractivity contribution in [3.05, 3.63) is 34.9 Å². The van der Waals surface area contributed by atoms with Gasteiger partial charge >= 0.3 is 0 Å². The molecule has 2 atom stereocenters. The van der Waals surface area contributed by atoms with Crippen molar-refractivity contribution in [3.8, 4) is 0 Å². The molecule has 0 saturated carbocycles. The van der Waals surface area contributed by atoms with Crippen LogP contribution < -0.4 is 5.32 Å². The SMILES string of the molecule is CC(C)N(Cc1cccc(Cl)c1)C(=O)[C@H]1CCN[C@@H](C)C1.Cl. The van der Waals surface area contributed by atoms with Gasteiger partial charge in [0.05, 0.1) is 0 Å². The molecule has 0 spiro atoms. The Labute approximate surface area is 144 Å². The van der Waals surface area contributed by atoms with Gasteiger partial charge in [-0.15, -0.1) is 12.4 Å². The molecule has 2 rings (SSSR count). The molecule has 0 radical (unpaired) electrons. The van der Waals surface area contributed by atoms with Crippen LogP contribution in [0.4, 0.5) is 0 Å². The molecule has 0 unspecified atom stereocenters. The first-order chi connectivity index (χ1) is 9.97. The number of rotatable bonds is 4. The van der Waals surface area contributed by atoms with Crippen molar-refractivity contribution in [2.45, 2.75) is 52.2 Å². The molecule has 1 aromatic rings. The van der Waals surface area contributed by atoms with Gasteiger partial charge in [-0.1, -0.05) is 23.7 Å². The van der Waals surface area contributed by atoms with Gasteiger partial charge in [0.1, 0.15) is 0 Å². The predicted octanol–water partition coefficient (Wildman–Crippen LogP) is 3.89. The molecule has 1 fully saturated rings. The Hall–Kier alpha value is -0.770. The number of benzene rings is 1. The van der Waals surface area contributed by atoms with E-state index in [0.717, 1.165) is 30.0 Å². The first-order valence-corrected chi connectivity index (χ1v) is 8.13. The second-order valence-corrected chi connectivity index (χ2v) is 6.70. The third-order valence-electron chi connectivity index (χ3n) is 4.12. The first kappa shape index (κ1) is 19.3. The minimum atomic E-state index is 0. The molecule has 124 valence electrons. The summed E-state index contributed by atoms with van der Waals surface area (Å²) < 4.78 is 0. The van der Waals surface area contributed by atoms with E-state index in [0.29, 0.717) is 12.6 Å². The van der Waals surface area contributed by atoms with E-state index in [1.165, 1.54) is 0 Å². The topological polar surface area (TPSA) is 32.3 Å². The lowest BCUT2D eigenvalue weighted by molar-refractivity contribution is -0.139. The first-order valence-electron chi connectivity index (χ1n) is 7.75. The van der Waals surface area contributed by atoms with Crippen molar-refractivity contribution < 1.29 is 4.79 Å². The van der Waals surface area contributed by atoms with E-state index in [4.69, 9.17) is 11.6 Å². The van der Waals surface area contributed by atoms with E-state index < -0.39 is 0 Å². The average Bonchev–Trinajstić information content (AvgIpc) is 2.44. The van der Waals surface area contributed by atoms with Gasteiger partial charge in [-0.25, -0.2) is 0 Å². The third-order valence-corrected chi connectivity index (χ3v) is 4.36. The predicted molar refractivity (Wildman–Crippen MR) is 94.6 cm³/mol. The molecule has 5 heteroatoms. The van der Waals surface area contributed by atoms with Crippen molar-refractivity contribution in [2.24, 2.45) is 5.92 Å². The largest absolute Gasteiger partial charge is 0.336 e. The number of carbonyl (C=O) groups excluding carboxylic acids is 1. The van der Waals surface area contributed by atoms with Crippen LogP contribution in [0.1, 0.15) is 39.2 Å². The molecule has 1 saturated heterocycles. The molecule has 1 heterocycles. The molecule has 1 aromatic carbocycles. The van der Waals surface area contributed by atoms with Gasteiger partial charge < -0.3 is 10.2 Å². The quantitative estimate of drug-likeness (QED) is 0.898. The second kappa shape index (κ2) is 8.76. The lowest BCUT2D eigenvalue weighted by Gasteiger charge is -2.34. The number of hydrogen-bond acceptors (Lipinski definition) is 2. The summed E-state index contributed by atoms with van der Waals surface area (Å²) in [5.74, 6) is 0.418. The van der Waals surface area contributed by atoms with E-state index in [9.17, 15) is 4.79 Å². The maximum atomic E-state index is 12.8. The molecular formula is C17H26Cl2N2O. The standard InChI is InChI=1S/C17H25ClN2O.ClH/c1-12(2)20(11-14-5-4-6-16(18)10-14)17(21)15-7-8-19-13(3)9-15;/h4-6,10,12-13,15,19H,7-9,11H2,1-3H3;1H/t13-,15-;/m0./s1. The third kappa shape index (κ3) is 5.15. The van der Waals surface area contributed by atoms with Crippen molar-refractivity contribution in [1.29, 1.82) is 0 Å². The molecular weight excluding hydrogens is 319 g/mol. The van der Waals surface area contributed by atoms with Crippen molar-refractivity contribution >= 4 is 29.9 Å². The summed E-state index contributed by atoms with van der Waals surface area (Å²) in [6.07, 6.45) is 1.86. The van der Waals surface area contributed by atoms with E-state index in [-0.39, 0.29) is 30.3 Å². The summed E-state index contributed by atoms with van der Waals surface area (Å²) in [6, 6.07) is 8.39.